The Morgan fingerprint density at radius 1 is 1.09 bits per heavy atom. The highest BCUT2D eigenvalue weighted by atomic mass is 16.5. The molecule has 4 unspecified atom stereocenters. The van der Waals surface area contributed by atoms with E-state index in [4.69, 9.17) is 9.84 Å². The van der Waals surface area contributed by atoms with Crippen LogP contribution in [0.1, 0.15) is 75.5 Å². The van der Waals surface area contributed by atoms with Gasteiger partial charge in [0.1, 0.15) is 23.6 Å². The summed E-state index contributed by atoms with van der Waals surface area (Å²) >= 11 is 0. The van der Waals surface area contributed by atoms with Crippen molar-refractivity contribution in [1.82, 2.24) is 20.9 Å². The molecule has 1 heterocycles. The van der Waals surface area contributed by atoms with Gasteiger partial charge in [0.25, 0.3) is 0 Å². The highest BCUT2D eigenvalue weighted by molar-refractivity contribution is 5.90. The molecule has 3 amide bonds. The van der Waals surface area contributed by atoms with Crippen LogP contribution in [-0.4, -0.2) is 84.3 Å². The van der Waals surface area contributed by atoms with Gasteiger partial charge in [-0.3, -0.25) is 14.4 Å². The molecule has 2 aliphatic rings. The number of aliphatic hydroxyl groups excluding tert-OH is 1. The number of hydrogen-bond acceptors (Lipinski definition) is 7. The van der Waals surface area contributed by atoms with Crippen LogP contribution in [0.3, 0.4) is 0 Å². The molecule has 0 radical (unpaired) electrons. The zero-order valence-electron chi connectivity index (χ0n) is 28.0. The van der Waals surface area contributed by atoms with Gasteiger partial charge in [-0.2, -0.15) is 0 Å². The van der Waals surface area contributed by atoms with Gasteiger partial charge in [0.15, 0.2) is 0 Å². The highest BCUT2D eigenvalue weighted by Crippen LogP contribution is 2.33. The van der Waals surface area contributed by atoms with Gasteiger partial charge < -0.3 is 35.8 Å². The first kappa shape index (κ1) is 36.8. The van der Waals surface area contributed by atoms with Crippen molar-refractivity contribution >= 4 is 18.2 Å². The number of hydrogen-bond donors (Lipinski definition) is 5. The van der Waals surface area contributed by atoms with E-state index in [1.54, 1.807) is 26.1 Å². The monoisotopic (exact) mass is 638 g/mol. The second kappa shape index (κ2) is 19.1. The Labute approximate surface area is 274 Å². The maximum Gasteiger partial charge on any atom is 0.245 e. The van der Waals surface area contributed by atoms with Crippen LogP contribution in [-0.2, 0) is 27.2 Å². The normalized spacial score (nSPS) is 18.0. The Hall–Kier alpha value is -3.63. The van der Waals surface area contributed by atoms with Crippen molar-refractivity contribution in [2.45, 2.75) is 103 Å². The third-order valence-corrected chi connectivity index (χ3v) is 8.88. The van der Waals surface area contributed by atoms with Gasteiger partial charge in [-0.15, -0.1) is 0 Å². The van der Waals surface area contributed by atoms with E-state index in [9.17, 15) is 19.5 Å². The van der Waals surface area contributed by atoms with E-state index in [0.29, 0.717) is 25.4 Å². The summed E-state index contributed by atoms with van der Waals surface area (Å²) < 4.78 is 6.47. The summed E-state index contributed by atoms with van der Waals surface area (Å²) in [6.07, 6.45) is 8.36. The molecular formula is C36H54N4O6. The first-order valence-corrected chi connectivity index (χ1v) is 16.8. The first-order chi connectivity index (χ1) is 22.2. The number of aliphatic hydroxyl groups is 1. The molecule has 4 rings (SSSR count). The van der Waals surface area contributed by atoms with Gasteiger partial charge in [-0.25, -0.2) is 0 Å². The van der Waals surface area contributed by atoms with Crippen molar-refractivity contribution in [2.24, 2.45) is 5.92 Å². The minimum absolute atomic E-state index is 0.0723. The number of nitrogens with zero attached hydrogens (tertiary/aromatic N) is 1. The molecule has 2 aromatic rings. The van der Waals surface area contributed by atoms with E-state index < -0.39 is 18.2 Å². The maximum atomic E-state index is 13.8. The summed E-state index contributed by atoms with van der Waals surface area (Å²) in [4.78, 5) is 38.4. The molecule has 10 nitrogen and oxygen atoms in total. The number of carbonyl (C=O) groups is 3. The lowest BCUT2D eigenvalue weighted by Gasteiger charge is -2.37. The number of phenols is 1. The largest absolute Gasteiger partial charge is 0.508 e. The number of rotatable bonds is 14. The summed E-state index contributed by atoms with van der Waals surface area (Å²) in [6, 6.07) is 12.0. The predicted octanol–water partition coefficient (Wildman–Crippen LogP) is 3.64. The van der Waals surface area contributed by atoms with Crippen LogP contribution in [0.2, 0.25) is 0 Å². The summed E-state index contributed by atoms with van der Waals surface area (Å²) in [7, 11) is 1.62. The zero-order chi connectivity index (χ0) is 33.5. The molecule has 46 heavy (non-hydrogen) atoms. The number of para-hydroxylation sites is 1. The number of phenolic OH excluding ortho intramolecular Hbond substituents is 1. The number of fused-ring (bicyclic) bond motifs is 1. The van der Waals surface area contributed by atoms with Crippen LogP contribution in [0.15, 0.2) is 42.5 Å². The summed E-state index contributed by atoms with van der Waals surface area (Å²) in [5.41, 5.74) is 3.51. The summed E-state index contributed by atoms with van der Waals surface area (Å²) in [6.45, 7) is 6.94. The third kappa shape index (κ3) is 11.0. The van der Waals surface area contributed by atoms with E-state index in [2.05, 4.69) is 34.1 Å². The number of nitrogens with one attached hydrogen (secondary N) is 3. The highest BCUT2D eigenvalue weighted by Gasteiger charge is 2.38. The van der Waals surface area contributed by atoms with Gasteiger partial charge in [-0.1, -0.05) is 55.2 Å². The molecule has 254 valence electrons. The first-order valence-electron chi connectivity index (χ1n) is 16.8. The SMILES string of the molecule is CCNC(=O)C(C(C)O)N(C)C(=O)C(NCC1CCc2cccc(CCCNC=O)c2O1)C1CCCCC1.Cc1ccc(O)cc1. The van der Waals surface area contributed by atoms with Crippen LogP contribution >= 0.6 is 0 Å². The zero-order valence-corrected chi connectivity index (χ0v) is 28.0. The molecule has 0 aromatic heterocycles. The summed E-state index contributed by atoms with van der Waals surface area (Å²) in [5, 5.41) is 28.1. The molecule has 10 heteroatoms. The molecule has 0 spiro atoms. The van der Waals surface area contributed by atoms with Crippen molar-refractivity contribution in [2.75, 3.05) is 26.7 Å². The third-order valence-electron chi connectivity index (χ3n) is 8.88. The number of aromatic hydroxyl groups is 1. The fourth-order valence-electron chi connectivity index (χ4n) is 6.39. The minimum Gasteiger partial charge on any atom is -0.508 e. The lowest BCUT2D eigenvalue weighted by molar-refractivity contribution is -0.145. The molecule has 0 bridgehead atoms. The molecule has 1 aliphatic carbocycles. The van der Waals surface area contributed by atoms with Crippen LogP contribution < -0.4 is 20.7 Å². The van der Waals surface area contributed by atoms with Gasteiger partial charge in [-0.05, 0) is 88.5 Å². The van der Waals surface area contributed by atoms with Gasteiger partial charge in [0.05, 0.1) is 12.1 Å². The Kier molecular flexibility index (Phi) is 15.3. The maximum absolute atomic E-state index is 13.8. The van der Waals surface area contributed by atoms with Gasteiger partial charge >= 0.3 is 0 Å². The molecule has 0 saturated heterocycles. The minimum atomic E-state index is -0.985. The molecular weight excluding hydrogens is 584 g/mol. The van der Waals surface area contributed by atoms with E-state index in [1.165, 1.54) is 22.4 Å². The van der Waals surface area contributed by atoms with Gasteiger partial charge in [0.2, 0.25) is 18.2 Å². The molecule has 1 fully saturated rings. The quantitative estimate of drug-likeness (QED) is 0.157. The smallest absolute Gasteiger partial charge is 0.245 e. The number of carbonyl (C=O) groups excluding carboxylic acids is 3. The van der Waals surface area contributed by atoms with Crippen LogP contribution in [0.5, 0.6) is 11.5 Å². The second-order valence-electron chi connectivity index (χ2n) is 12.5. The number of likely N-dealkylation sites (N-methyl/N-ethyl adjacent to an activating group) is 2. The number of benzene rings is 2. The second-order valence-corrected chi connectivity index (χ2v) is 12.5. The molecule has 5 N–H and O–H groups in total. The van der Waals surface area contributed by atoms with Gasteiger partial charge in [0, 0.05) is 26.7 Å². The topological polar surface area (TPSA) is 140 Å². The van der Waals surface area contributed by atoms with Crippen molar-refractivity contribution in [3.05, 3.63) is 59.2 Å². The van der Waals surface area contributed by atoms with Crippen LogP contribution in [0, 0.1) is 12.8 Å². The Morgan fingerprint density at radius 3 is 2.43 bits per heavy atom. The summed E-state index contributed by atoms with van der Waals surface area (Å²) in [5.74, 6) is 0.937. The fraction of sp³-hybridized carbons (Fsp3) is 0.583. The lowest BCUT2D eigenvalue weighted by atomic mass is 9.83. The molecule has 1 aliphatic heterocycles. The number of aryl methyl sites for hydroxylation is 3. The predicted molar refractivity (Wildman–Crippen MR) is 180 cm³/mol. The van der Waals surface area contributed by atoms with Crippen molar-refractivity contribution in [3.8, 4) is 11.5 Å². The van der Waals surface area contributed by atoms with Crippen molar-refractivity contribution in [1.29, 1.82) is 0 Å². The lowest BCUT2D eigenvalue weighted by Crippen LogP contribution is -2.59. The standard InChI is InChI=1S/C29H46N4O5.C7H8O/c1-4-31-28(36)26(20(2)35)33(3)29(37)25(21-10-6-5-7-11-21)32-18-24-16-15-23-13-8-12-22(27(23)38-24)14-9-17-30-19-34;1-6-2-4-7(8)5-3-6/h8,12-13,19-21,24-26,32,35H,4-7,9-11,14-18H2,1-3H3,(H,30,34)(H,31,36);2-5,8H,1H3. The molecule has 4 atom stereocenters. The number of amides is 3. The molecule has 1 saturated carbocycles. The van der Waals surface area contributed by atoms with E-state index in [0.717, 1.165) is 69.1 Å². The van der Waals surface area contributed by atoms with E-state index in [1.807, 2.05) is 26.0 Å². The Bertz CT molecular complexity index is 1210. The van der Waals surface area contributed by atoms with E-state index >= 15 is 0 Å². The number of ether oxygens (including phenoxy) is 1. The van der Waals surface area contributed by atoms with Crippen molar-refractivity contribution < 1.29 is 29.3 Å². The fourth-order valence-corrected chi connectivity index (χ4v) is 6.39. The molecule has 2 aromatic carbocycles. The average Bonchev–Trinajstić information content (AvgIpc) is 3.05. The van der Waals surface area contributed by atoms with Crippen LogP contribution in [0.4, 0.5) is 0 Å². The van der Waals surface area contributed by atoms with Crippen molar-refractivity contribution in [3.63, 3.8) is 0 Å². The average molecular weight is 639 g/mol. The Balaban J connectivity index is 0.000000625. The van der Waals surface area contributed by atoms with Crippen LogP contribution in [0.25, 0.3) is 0 Å². The Morgan fingerprint density at radius 2 is 1.80 bits per heavy atom. The van der Waals surface area contributed by atoms with E-state index in [-0.39, 0.29) is 23.8 Å².